The Hall–Kier alpha value is -0.780. The minimum Gasteiger partial charge on any atom is -0.349 e. The Morgan fingerprint density at radius 1 is 0.800 bits per heavy atom. The molecule has 2 aromatic carbocycles. The number of methoxy groups -OCH3 is 2. The van der Waals surface area contributed by atoms with Crippen molar-refractivity contribution in [2.45, 2.75) is 5.53 Å². The molecule has 0 aliphatic heterocycles. The largest absolute Gasteiger partial charge is 0.349 e. The van der Waals surface area contributed by atoms with Crippen LogP contribution >= 0.6 is 17.2 Å². The van der Waals surface area contributed by atoms with E-state index in [1.807, 2.05) is 12.1 Å². The monoisotopic (exact) mass is 306 g/mol. The molecule has 4 heteroatoms. The molecule has 0 saturated heterocycles. The Morgan fingerprint density at radius 3 is 1.80 bits per heavy atom. The lowest BCUT2D eigenvalue weighted by Gasteiger charge is -2.31. The molecule has 2 aromatic rings. The van der Waals surface area contributed by atoms with Crippen LogP contribution in [0.15, 0.2) is 60.7 Å². The Bertz CT molecular complexity index is 498. The first-order chi connectivity index (χ1) is 9.78. The van der Waals surface area contributed by atoms with Crippen LogP contribution in [-0.4, -0.2) is 25.9 Å². The number of rotatable bonds is 7. The van der Waals surface area contributed by atoms with E-state index >= 15 is 0 Å². The lowest BCUT2D eigenvalue weighted by Crippen LogP contribution is -2.33. The fourth-order valence-electron chi connectivity index (χ4n) is 1.89. The van der Waals surface area contributed by atoms with Gasteiger partial charge in [0.15, 0.2) is 5.53 Å². The van der Waals surface area contributed by atoms with E-state index in [9.17, 15) is 0 Å². The molecule has 0 radical (unpaired) electrons. The molecule has 106 valence electrons. The fourth-order valence-corrected chi connectivity index (χ4v) is 4.67. The summed E-state index contributed by atoms with van der Waals surface area (Å²) in [6, 6.07) is 20.9. The molecule has 0 saturated carbocycles. The summed E-state index contributed by atoms with van der Waals surface area (Å²) in [5.41, 5.74) is -0.518. The lowest BCUT2D eigenvalue weighted by molar-refractivity contribution is -0.118. The van der Waals surface area contributed by atoms with Crippen LogP contribution in [0.2, 0.25) is 0 Å². The Balaban J connectivity index is 2.05. The van der Waals surface area contributed by atoms with Crippen molar-refractivity contribution < 1.29 is 9.47 Å². The third-order valence-corrected chi connectivity index (χ3v) is 6.39. The molecule has 0 N–H and O–H groups in total. The van der Waals surface area contributed by atoms with E-state index in [1.54, 1.807) is 14.2 Å². The summed E-state index contributed by atoms with van der Waals surface area (Å²) in [5, 5.41) is 2.60. The second-order valence-electron chi connectivity index (χ2n) is 4.37. The van der Waals surface area contributed by atoms with Crippen molar-refractivity contribution in [3.63, 3.8) is 0 Å². The maximum atomic E-state index is 5.71. The third kappa shape index (κ3) is 4.36. The highest BCUT2D eigenvalue weighted by atomic mass is 31.1. The first kappa shape index (κ1) is 15.6. The summed E-state index contributed by atoms with van der Waals surface area (Å²) in [6.45, 7) is 0. The highest BCUT2D eigenvalue weighted by Gasteiger charge is 2.29. The van der Waals surface area contributed by atoms with Gasteiger partial charge in [0.05, 0.1) is 0 Å². The molecule has 0 heterocycles. The van der Waals surface area contributed by atoms with Gasteiger partial charge in [-0.05, 0) is 19.2 Å². The number of hydrogen-bond donors (Lipinski definition) is 0. The standard InChI is InChI=1S/C16H20O2P2/c1-17-16(18-2,20-15-11-7-4-8-12-15)13-19-14-9-5-3-6-10-14/h3-12,19-20H,13H2,1-2H3. The number of benzene rings is 2. The van der Waals surface area contributed by atoms with E-state index in [2.05, 4.69) is 48.5 Å². The average molecular weight is 306 g/mol. The van der Waals surface area contributed by atoms with Gasteiger partial charge in [-0.1, -0.05) is 69.2 Å². The first-order valence-corrected chi connectivity index (χ1v) is 8.71. The smallest absolute Gasteiger partial charge is 0.191 e. The van der Waals surface area contributed by atoms with Crippen molar-refractivity contribution in [1.29, 1.82) is 0 Å². The molecule has 0 spiro atoms. The predicted octanol–water partition coefficient (Wildman–Crippen LogP) is 2.94. The summed E-state index contributed by atoms with van der Waals surface area (Å²) in [7, 11) is 4.62. The van der Waals surface area contributed by atoms with Gasteiger partial charge < -0.3 is 9.47 Å². The molecule has 0 bridgehead atoms. The molecule has 0 aliphatic rings. The van der Waals surface area contributed by atoms with Crippen LogP contribution < -0.4 is 10.6 Å². The summed E-state index contributed by atoms with van der Waals surface area (Å²) >= 11 is 0. The molecule has 2 rings (SSSR count). The van der Waals surface area contributed by atoms with Crippen molar-refractivity contribution in [3.8, 4) is 0 Å². The topological polar surface area (TPSA) is 18.5 Å². The summed E-state index contributed by atoms with van der Waals surface area (Å²) in [4.78, 5) is 0. The van der Waals surface area contributed by atoms with E-state index < -0.39 is 5.53 Å². The zero-order valence-corrected chi connectivity index (χ0v) is 13.8. The van der Waals surface area contributed by atoms with Gasteiger partial charge in [-0.2, -0.15) is 0 Å². The number of ether oxygens (including phenoxy) is 2. The normalized spacial score (nSPS) is 12.7. The Morgan fingerprint density at radius 2 is 1.30 bits per heavy atom. The molecule has 2 atom stereocenters. The van der Waals surface area contributed by atoms with Crippen molar-refractivity contribution in [2.24, 2.45) is 0 Å². The van der Waals surface area contributed by atoms with Gasteiger partial charge in [-0.3, -0.25) is 0 Å². The first-order valence-electron chi connectivity index (χ1n) is 6.50. The van der Waals surface area contributed by atoms with Crippen molar-refractivity contribution in [2.75, 3.05) is 20.4 Å². The van der Waals surface area contributed by atoms with Gasteiger partial charge in [0, 0.05) is 20.4 Å². The van der Waals surface area contributed by atoms with Crippen LogP contribution in [0, 0.1) is 0 Å². The zero-order chi connectivity index (χ0) is 14.3. The fraction of sp³-hybridized carbons (Fsp3) is 0.250. The molecule has 20 heavy (non-hydrogen) atoms. The van der Waals surface area contributed by atoms with Crippen LogP contribution in [0.25, 0.3) is 0 Å². The molecule has 2 unspecified atom stereocenters. The van der Waals surface area contributed by atoms with Crippen LogP contribution in [0.3, 0.4) is 0 Å². The lowest BCUT2D eigenvalue weighted by atomic mass is 10.4. The molecule has 0 amide bonds. The van der Waals surface area contributed by atoms with Gasteiger partial charge in [0.25, 0.3) is 0 Å². The van der Waals surface area contributed by atoms with Crippen molar-refractivity contribution >= 4 is 27.8 Å². The van der Waals surface area contributed by atoms with Gasteiger partial charge in [0.2, 0.25) is 0 Å². The van der Waals surface area contributed by atoms with Crippen molar-refractivity contribution in [1.82, 2.24) is 0 Å². The second kappa shape index (κ2) is 7.86. The van der Waals surface area contributed by atoms with E-state index in [1.165, 1.54) is 10.6 Å². The van der Waals surface area contributed by atoms with Crippen LogP contribution in [0.4, 0.5) is 0 Å². The summed E-state index contributed by atoms with van der Waals surface area (Å²) in [5.74, 6) is 0. The zero-order valence-electron chi connectivity index (χ0n) is 11.8. The second-order valence-corrected chi connectivity index (χ2v) is 7.25. The molecule has 0 fully saturated rings. The maximum absolute atomic E-state index is 5.71. The van der Waals surface area contributed by atoms with Gasteiger partial charge in [0.1, 0.15) is 0 Å². The number of hydrogen-bond acceptors (Lipinski definition) is 2. The van der Waals surface area contributed by atoms with E-state index in [0.29, 0.717) is 17.2 Å². The van der Waals surface area contributed by atoms with E-state index in [4.69, 9.17) is 9.47 Å². The highest BCUT2D eigenvalue weighted by molar-refractivity contribution is 7.52. The maximum Gasteiger partial charge on any atom is 0.191 e. The average Bonchev–Trinajstić information content (AvgIpc) is 2.53. The molecule has 0 aromatic heterocycles. The molecular formula is C16H20O2P2. The van der Waals surface area contributed by atoms with Gasteiger partial charge in [-0.25, -0.2) is 0 Å². The minimum absolute atomic E-state index is 0.480. The van der Waals surface area contributed by atoms with E-state index in [0.717, 1.165) is 6.16 Å². The van der Waals surface area contributed by atoms with Gasteiger partial charge >= 0.3 is 0 Å². The van der Waals surface area contributed by atoms with Crippen LogP contribution in [0.1, 0.15) is 0 Å². The van der Waals surface area contributed by atoms with Crippen LogP contribution in [0.5, 0.6) is 0 Å². The quantitative estimate of drug-likeness (QED) is 0.578. The van der Waals surface area contributed by atoms with Crippen molar-refractivity contribution in [3.05, 3.63) is 60.7 Å². The summed E-state index contributed by atoms with van der Waals surface area (Å²) in [6.07, 6.45) is 0.872. The van der Waals surface area contributed by atoms with Crippen LogP contribution in [-0.2, 0) is 9.47 Å². The molecular weight excluding hydrogens is 286 g/mol. The molecule has 2 nitrogen and oxygen atoms in total. The van der Waals surface area contributed by atoms with E-state index in [-0.39, 0.29) is 0 Å². The summed E-state index contributed by atoms with van der Waals surface area (Å²) < 4.78 is 11.4. The highest BCUT2D eigenvalue weighted by Crippen LogP contribution is 2.37. The Kier molecular flexibility index (Phi) is 6.13. The predicted molar refractivity (Wildman–Crippen MR) is 90.4 cm³/mol. The third-order valence-electron chi connectivity index (χ3n) is 3.07. The van der Waals surface area contributed by atoms with Gasteiger partial charge in [-0.15, -0.1) is 0 Å². The minimum atomic E-state index is -0.518. The Labute approximate surface area is 124 Å². The molecule has 0 aliphatic carbocycles. The SMILES string of the molecule is COC(CPc1ccccc1)(OC)Pc1ccccc1.